The Morgan fingerprint density at radius 1 is 0.975 bits per heavy atom. The van der Waals surface area contributed by atoms with Crippen LogP contribution in [0.25, 0.3) is 6.08 Å². The average Bonchev–Trinajstić information content (AvgIpc) is 2.96. The van der Waals surface area contributed by atoms with Gasteiger partial charge >= 0.3 is 5.97 Å². The average molecular weight is 569 g/mol. The van der Waals surface area contributed by atoms with E-state index < -0.39 is 11.9 Å². The fourth-order valence-electron chi connectivity index (χ4n) is 4.29. The first kappa shape index (κ1) is 26.9. The number of nitriles is 1. The molecule has 1 aliphatic rings. The lowest BCUT2D eigenvalue weighted by Gasteiger charge is -2.27. The lowest BCUT2D eigenvalue weighted by Crippen LogP contribution is -2.21. The van der Waals surface area contributed by atoms with Crippen molar-refractivity contribution in [2.24, 2.45) is 5.73 Å². The van der Waals surface area contributed by atoms with Gasteiger partial charge in [-0.25, -0.2) is 4.79 Å². The minimum absolute atomic E-state index is 0.0199. The number of fused-ring (bicyclic) bond motifs is 1. The van der Waals surface area contributed by atoms with Crippen LogP contribution in [-0.2, 0) is 11.4 Å². The van der Waals surface area contributed by atoms with Gasteiger partial charge in [0.1, 0.15) is 35.5 Å². The molecule has 4 aromatic rings. The van der Waals surface area contributed by atoms with Crippen LogP contribution in [0.15, 0.2) is 109 Å². The molecule has 0 fully saturated rings. The number of halogens is 2. The summed E-state index contributed by atoms with van der Waals surface area (Å²) < 4.78 is 17.2. The fourth-order valence-corrected chi connectivity index (χ4v) is 4.61. The molecule has 0 amide bonds. The predicted molar refractivity (Wildman–Crippen MR) is 154 cm³/mol. The van der Waals surface area contributed by atoms with Gasteiger partial charge in [-0.15, -0.1) is 0 Å². The number of carbonyl (C=O) groups is 1. The highest BCUT2D eigenvalue weighted by atomic mass is 35.5. The SMILES string of the molecule is N#CC1=C(N)Oc2cc(OC(=O)/C=C/c3ccc(Cl)cc3)ccc2C1c1cccc(OCc2ccccc2Cl)c1. The zero-order valence-electron chi connectivity index (χ0n) is 21.0. The summed E-state index contributed by atoms with van der Waals surface area (Å²) in [5.41, 5.74) is 9.58. The van der Waals surface area contributed by atoms with Gasteiger partial charge in [0.05, 0.1) is 5.92 Å². The molecule has 0 bridgehead atoms. The summed E-state index contributed by atoms with van der Waals surface area (Å²) in [6.07, 6.45) is 2.95. The van der Waals surface area contributed by atoms with Crippen LogP contribution in [-0.4, -0.2) is 5.97 Å². The number of benzene rings is 4. The molecule has 1 atom stereocenters. The van der Waals surface area contributed by atoms with Crippen LogP contribution in [0.5, 0.6) is 17.2 Å². The number of nitrogens with zero attached hydrogens (tertiary/aromatic N) is 1. The number of rotatable bonds is 7. The minimum Gasteiger partial charge on any atom is -0.489 e. The second-order valence-corrected chi connectivity index (χ2v) is 9.73. The monoisotopic (exact) mass is 568 g/mol. The van der Waals surface area contributed by atoms with Crippen LogP contribution < -0.4 is 19.9 Å². The number of carbonyl (C=O) groups excluding carboxylic acids is 1. The van der Waals surface area contributed by atoms with Crippen LogP contribution in [0.2, 0.25) is 10.0 Å². The molecular formula is C32H22Cl2N2O4. The van der Waals surface area contributed by atoms with Gasteiger partial charge in [-0.2, -0.15) is 5.26 Å². The predicted octanol–water partition coefficient (Wildman–Crippen LogP) is 7.41. The summed E-state index contributed by atoms with van der Waals surface area (Å²) in [6, 6.07) is 29.1. The molecule has 0 aliphatic carbocycles. The third-order valence-electron chi connectivity index (χ3n) is 6.23. The molecule has 1 unspecified atom stereocenters. The maximum absolute atomic E-state index is 12.4. The summed E-state index contributed by atoms with van der Waals surface area (Å²) in [6.45, 7) is 0.289. The standard InChI is InChI=1S/C32H22Cl2N2O4/c33-23-11-8-20(9-12-23)10-15-30(37)39-25-13-14-26-29(17-25)40-32(36)27(18-35)31(26)21-5-3-6-24(16-21)38-19-22-4-1-2-7-28(22)34/h1-17,31H,19,36H2/b15-10+. The Morgan fingerprint density at radius 2 is 1.77 bits per heavy atom. The fraction of sp³-hybridized carbons (Fsp3) is 0.0625. The van der Waals surface area contributed by atoms with Crippen molar-refractivity contribution >= 4 is 35.2 Å². The molecule has 0 spiro atoms. The van der Waals surface area contributed by atoms with Crippen molar-refractivity contribution in [3.05, 3.63) is 141 Å². The second-order valence-electron chi connectivity index (χ2n) is 8.88. The molecule has 6 nitrogen and oxygen atoms in total. The number of allylic oxidation sites excluding steroid dienone is 1. The van der Waals surface area contributed by atoms with Gasteiger partial charge in [-0.1, -0.05) is 71.7 Å². The van der Waals surface area contributed by atoms with Crippen molar-refractivity contribution in [3.8, 4) is 23.3 Å². The Hall–Kier alpha value is -4.70. The van der Waals surface area contributed by atoms with Gasteiger partial charge in [-0.3, -0.25) is 0 Å². The smallest absolute Gasteiger partial charge is 0.336 e. The van der Waals surface area contributed by atoms with Crippen LogP contribution in [0, 0.1) is 11.3 Å². The molecule has 5 rings (SSSR count). The zero-order valence-corrected chi connectivity index (χ0v) is 22.5. The molecule has 40 heavy (non-hydrogen) atoms. The molecule has 1 heterocycles. The summed E-state index contributed by atoms with van der Waals surface area (Å²) >= 11 is 12.2. The van der Waals surface area contributed by atoms with E-state index in [0.717, 1.165) is 16.7 Å². The summed E-state index contributed by atoms with van der Waals surface area (Å²) in [7, 11) is 0. The second kappa shape index (κ2) is 12.0. The number of esters is 1. The van der Waals surface area contributed by atoms with Crippen LogP contribution >= 0.6 is 23.2 Å². The van der Waals surface area contributed by atoms with Gasteiger partial charge in [-0.05, 0) is 53.6 Å². The molecule has 8 heteroatoms. The summed E-state index contributed by atoms with van der Waals surface area (Å²) in [5, 5.41) is 11.1. The zero-order chi connectivity index (χ0) is 28.1. The van der Waals surface area contributed by atoms with E-state index in [2.05, 4.69) is 6.07 Å². The highest BCUT2D eigenvalue weighted by molar-refractivity contribution is 6.31. The normalized spacial score (nSPS) is 14.3. The van der Waals surface area contributed by atoms with Crippen molar-refractivity contribution < 1.29 is 19.0 Å². The number of hydrogen-bond donors (Lipinski definition) is 1. The van der Waals surface area contributed by atoms with Crippen molar-refractivity contribution in [2.75, 3.05) is 0 Å². The molecular weight excluding hydrogens is 547 g/mol. The topological polar surface area (TPSA) is 94.6 Å². The van der Waals surface area contributed by atoms with Crippen molar-refractivity contribution in [1.29, 1.82) is 5.26 Å². The largest absolute Gasteiger partial charge is 0.489 e. The van der Waals surface area contributed by atoms with Crippen molar-refractivity contribution in [3.63, 3.8) is 0 Å². The minimum atomic E-state index is -0.563. The third-order valence-corrected chi connectivity index (χ3v) is 6.86. The molecule has 0 saturated carbocycles. The first-order chi connectivity index (χ1) is 19.4. The van der Waals surface area contributed by atoms with Gasteiger partial charge in [0.2, 0.25) is 5.88 Å². The Labute approximate surface area is 241 Å². The van der Waals surface area contributed by atoms with Crippen LogP contribution in [0.1, 0.15) is 28.2 Å². The highest BCUT2D eigenvalue weighted by Gasteiger charge is 2.31. The molecule has 0 aromatic heterocycles. The first-order valence-electron chi connectivity index (χ1n) is 12.2. The summed E-state index contributed by atoms with van der Waals surface area (Å²) in [4.78, 5) is 12.4. The molecule has 1 aliphatic heterocycles. The van der Waals surface area contributed by atoms with Crippen molar-refractivity contribution in [2.45, 2.75) is 12.5 Å². The lowest BCUT2D eigenvalue weighted by molar-refractivity contribution is -0.128. The molecule has 4 aromatic carbocycles. The molecule has 0 radical (unpaired) electrons. The Bertz CT molecular complexity index is 1670. The van der Waals surface area contributed by atoms with Gasteiger partial charge in [0.15, 0.2) is 0 Å². The van der Waals surface area contributed by atoms with E-state index in [-0.39, 0.29) is 23.8 Å². The van der Waals surface area contributed by atoms with E-state index in [9.17, 15) is 10.1 Å². The Balaban J connectivity index is 1.37. The molecule has 0 saturated heterocycles. The quantitative estimate of drug-likeness (QED) is 0.142. The van der Waals surface area contributed by atoms with E-state index in [4.69, 9.17) is 43.1 Å². The number of ether oxygens (including phenoxy) is 3. The van der Waals surface area contributed by atoms with E-state index in [0.29, 0.717) is 27.1 Å². The maximum atomic E-state index is 12.4. The lowest BCUT2D eigenvalue weighted by atomic mass is 9.83. The molecule has 198 valence electrons. The summed E-state index contributed by atoms with van der Waals surface area (Å²) in [5.74, 6) is 0.177. The van der Waals surface area contributed by atoms with E-state index in [1.54, 1.807) is 48.5 Å². The first-order valence-corrected chi connectivity index (χ1v) is 13.0. The van der Waals surface area contributed by atoms with E-state index >= 15 is 0 Å². The third kappa shape index (κ3) is 6.13. The van der Waals surface area contributed by atoms with Crippen LogP contribution in [0.3, 0.4) is 0 Å². The maximum Gasteiger partial charge on any atom is 0.336 e. The van der Waals surface area contributed by atoms with E-state index in [1.165, 1.54) is 6.08 Å². The Morgan fingerprint density at radius 3 is 2.55 bits per heavy atom. The van der Waals surface area contributed by atoms with Crippen LogP contribution in [0.4, 0.5) is 0 Å². The van der Waals surface area contributed by atoms with Gasteiger partial charge in [0.25, 0.3) is 0 Å². The highest BCUT2D eigenvalue weighted by Crippen LogP contribution is 2.44. The van der Waals surface area contributed by atoms with E-state index in [1.807, 2.05) is 48.5 Å². The molecule has 2 N–H and O–H groups in total. The number of nitrogens with two attached hydrogens (primary N) is 1. The van der Waals surface area contributed by atoms with Gasteiger partial charge < -0.3 is 19.9 Å². The van der Waals surface area contributed by atoms with Gasteiger partial charge in [0, 0.05) is 33.3 Å². The number of hydrogen-bond acceptors (Lipinski definition) is 6. The van der Waals surface area contributed by atoms with Crippen molar-refractivity contribution in [1.82, 2.24) is 0 Å². The Kier molecular flexibility index (Phi) is 8.07.